The first-order chi connectivity index (χ1) is 14.3. The topological polar surface area (TPSA) is 19.0 Å². The van der Waals surface area contributed by atoms with Crippen molar-refractivity contribution in [3.8, 4) is 0 Å². The van der Waals surface area contributed by atoms with Crippen molar-refractivity contribution in [3.05, 3.63) is 113 Å². The molecule has 29 heavy (non-hydrogen) atoms. The summed E-state index contributed by atoms with van der Waals surface area (Å²) in [4.78, 5) is 5.88. The predicted molar refractivity (Wildman–Crippen MR) is 124 cm³/mol. The lowest BCUT2D eigenvalue weighted by molar-refractivity contribution is 0.299. The number of benzene rings is 3. The average molecular weight is 401 g/mol. The van der Waals surface area contributed by atoms with E-state index >= 15 is 0 Å². The standard InChI is InChI=1S/C26H25ClN2/c27-24-14-12-21(13-15-24)9-6-17-29(20-22-7-2-1-3-8-22)18-16-23-19-28-26-11-5-4-10-25(23)26/h1-15,19,28H,16-18,20H2/b9-6+. The zero-order chi connectivity index (χ0) is 19.9. The van der Waals surface area contributed by atoms with Crippen molar-refractivity contribution in [2.24, 2.45) is 0 Å². The number of aromatic nitrogens is 1. The number of halogens is 1. The van der Waals surface area contributed by atoms with Crippen molar-refractivity contribution in [3.63, 3.8) is 0 Å². The Bertz CT molecular complexity index is 1060. The number of rotatable bonds is 8. The van der Waals surface area contributed by atoms with Crippen LogP contribution in [0.2, 0.25) is 5.02 Å². The van der Waals surface area contributed by atoms with Crippen LogP contribution in [-0.2, 0) is 13.0 Å². The quantitative estimate of drug-likeness (QED) is 0.354. The molecular formula is C26H25ClN2. The first kappa shape index (κ1) is 19.5. The Morgan fingerprint density at radius 2 is 1.62 bits per heavy atom. The number of hydrogen-bond acceptors (Lipinski definition) is 1. The Labute approximate surface area is 177 Å². The molecule has 0 fully saturated rings. The molecule has 0 aliphatic heterocycles. The number of nitrogens with one attached hydrogen (secondary N) is 1. The molecule has 2 nitrogen and oxygen atoms in total. The smallest absolute Gasteiger partial charge is 0.0456 e. The molecular weight excluding hydrogens is 376 g/mol. The zero-order valence-electron chi connectivity index (χ0n) is 16.4. The van der Waals surface area contributed by atoms with Crippen LogP contribution in [0.1, 0.15) is 16.7 Å². The fraction of sp³-hybridized carbons (Fsp3) is 0.154. The van der Waals surface area contributed by atoms with E-state index < -0.39 is 0 Å². The first-order valence-electron chi connectivity index (χ1n) is 10.0. The van der Waals surface area contributed by atoms with E-state index in [1.807, 2.05) is 24.3 Å². The third-order valence-electron chi connectivity index (χ3n) is 5.17. The highest BCUT2D eigenvalue weighted by Gasteiger charge is 2.08. The fourth-order valence-electron chi connectivity index (χ4n) is 3.61. The summed E-state index contributed by atoms with van der Waals surface area (Å²) >= 11 is 5.98. The highest BCUT2D eigenvalue weighted by atomic mass is 35.5. The minimum Gasteiger partial charge on any atom is -0.361 e. The van der Waals surface area contributed by atoms with Gasteiger partial charge in [0.15, 0.2) is 0 Å². The lowest BCUT2D eigenvalue weighted by atomic mass is 10.1. The normalized spacial score (nSPS) is 11.7. The molecule has 146 valence electrons. The fourth-order valence-corrected chi connectivity index (χ4v) is 3.73. The minimum atomic E-state index is 0.770. The molecule has 0 spiro atoms. The van der Waals surface area contributed by atoms with Gasteiger partial charge in [-0.3, -0.25) is 4.90 Å². The Morgan fingerprint density at radius 3 is 2.45 bits per heavy atom. The zero-order valence-corrected chi connectivity index (χ0v) is 17.1. The summed E-state index contributed by atoms with van der Waals surface area (Å²) in [5.41, 5.74) is 5.09. The van der Waals surface area contributed by atoms with Crippen molar-refractivity contribution in [1.29, 1.82) is 0 Å². The van der Waals surface area contributed by atoms with Crippen molar-refractivity contribution >= 4 is 28.6 Å². The highest BCUT2D eigenvalue weighted by molar-refractivity contribution is 6.30. The van der Waals surface area contributed by atoms with Gasteiger partial charge in [-0.05, 0) is 41.3 Å². The maximum atomic E-state index is 5.98. The van der Waals surface area contributed by atoms with Gasteiger partial charge in [0, 0.05) is 41.8 Å². The van der Waals surface area contributed by atoms with Crippen LogP contribution in [0.4, 0.5) is 0 Å². The van der Waals surface area contributed by atoms with Crippen LogP contribution in [0, 0.1) is 0 Å². The summed E-state index contributed by atoms with van der Waals surface area (Å²) in [6.07, 6.45) is 7.57. The summed E-state index contributed by atoms with van der Waals surface area (Å²) < 4.78 is 0. The number of hydrogen-bond donors (Lipinski definition) is 1. The molecule has 1 aromatic heterocycles. The van der Waals surface area contributed by atoms with E-state index in [0.29, 0.717) is 0 Å². The van der Waals surface area contributed by atoms with Gasteiger partial charge >= 0.3 is 0 Å². The van der Waals surface area contributed by atoms with Crippen molar-refractivity contribution in [2.75, 3.05) is 13.1 Å². The molecule has 4 rings (SSSR count). The van der Waals surface area contributed by atoms with Gasteiger partial charge in [-0.25, -0.2) is 0 Å². The molecule has 4 aromatic rings. The van der Waals surface area contributed by atoms with Gasteiger partial charge in [0.25, 0.3) is 0 Å². The second kappa shape index (κ2) is 9.60. The molecule has 1 heterocycles. The van der Waals surface area contributed by atoms with E-state index in [2.05, 4.69) is 82.8 Å². The molecule has 0 atom stereocenters. The van der Waals surface area contributed by atoms with Gasteiger partial charge in [0.1, 0.15) is 0 Å². The van der Waals surface area contributed by atoms with Crippen LogP contribution in [-0.4, -0.2) is 23.0 Å². The molecule has 0 unspecified atom stereocenters. The van der Waals surface area contributed by atoms with Crippen molar-refractivity contribution in [1.82, 2.24) is 9.88 Å². The van der Waals surface area contributed by atoms with Crippen LogP contribution in [0.25, 0.3) is 17.0 Å². The molecule has 0 saturated carbocycles. The number of nitrogens with zero attached hydrogens (tertiary/aromatic N) is 1. The van der Waals surface area contributed by atoms with E-state index in [-0.39, 0.29) is 0 Å². The van der Waals surface area contributed by atoms with Gasteiger partial charge in [0.05, 0.1) is 0 Å². The van der Waals surface area contributed by atoms with Gasteiger partial charge < -0.3 is 4.98 Å². The van der Waals surface area contributed by atoms with E-state index in [1.54, 1.807) is 0 Å². The van der Waals surface area contributed by atoms with Crippen molar-refractivity contribution < 1.29 is 0 Å². The molecule has 1 N–H and O–H groups in total. The number of aromatic amines is 1. The van der Waals surface area contributed by atoms with Crippen LogP contribution in [0.3, 0.4) is 0 Å². The number of para-hydroxylation sites is 1. The Hall–Kier alpha value is -2.81. The SMILES string of the molecule is Clc1ccc(/C=C/CN(CCc2c[nH]c3ccccc23)Cc2ccccc2)cc1. The van der Waals surface area contributed by atoms with Gasteiger partial charge in [-0.2, -0.15) is 0 Å². The molecule has 0 bridgehead atoms. The second-order valence-electron chi connectivity index (χ2n) is 7.28. The third-order valence-corrected chi connectivity index (χ3v) is 5.42. The summed E-state index contributed by atoms with van der Waals surface area (Å²) in [5, 5.41) is 2.09. The lowest BCUT2D eigenvalue weighted by Gasteiger charge is -2.21. The van der Waals surface area contributed by atoms with Gasteiger partial charge in [0.2, 0.25) is 0 Å². The van der Waals surface area contributed by atoms with Crippen molar-refractivity contribution in [2.45, 2.75) is 13.0 Å². The summed E-state index contributed by atoms with van der Waals surface area (Å²) in [7, 11) is 0. The summed E-state index contributed by atoms with van der Waals surface area (Å²) in [6.45, 7) is 2.84. The Balaban J connectivity index is 1.44. The average Bonchev–Trinajstić information content (AvgIpc) is 3.17. The van der Waals surface area contributed by atoms with Crippen LogP contribution >= 0.6 is 11.6 Å². The lowest BCUT2D eigenvalue weighted by Crippen LogP contribution is -2.25. The van der Waals surface area contributed by atoms with Crippen LogP contribution in [0.5, 0.6) is 0 Å². The van der Waals surface area contributed by atoms with Gasteiger partial charge in [-0.1, -0.05) is 84.4 Å². The molecule has 0 radical (unpaired) electrons. The maximum Gasteiger partial charge on any atom is 0.0456 e. The third kappa shape index (κ3) is 5.38. The molecule has 0 amide bonds. The predicted octanol–water partition coefficient (Wildman–Crippen LogP) is 6.58. The maximum absolute atomic E-state index is 5.98. The largest absolute Gasteiger partial charge is 0.361 e. The Kier molecular flexibility index (Phi) is 6.45. The van der Waals surface area contributed by atoms with E-state index in [0.717, 1.165) is 31.1 Å². The molecule has 0 aliphatic rings. The summed E-state index contributed by atoms with van der Waals surface area (Å²) in [5.74, 6) is 0. The van der Waals surface area contributed by atoms with E-state index in [4.69, 9.17) is 11.6 Å². The monoisotopic (exact) mass is 400 g/mol. The molecule has 0 aliphatic carbocycles. The first-order valence-corrected chi connectivity index (χ1v) is 10.4. The van der Waals surface area contributed by atoms with E-state index in [9.17, 15) is 0 Å². The molecule has 0 saturated heterocycles. The van der Waals surface area contributed by atoms with Crippen LogP contribution < -0.4 is 0 Å². The second-order valence-corrected chi connectivity index (χ2v) is 7.72. The van der Waals surface area contributed by atoms with E-state index in [1.165, 1.54) is 27.6 Å². The Morgan fingerprint density at radius 1 is 0.862 bits per heavy atom. The molecule has 3 aromatic carbocycles. The highest BCUT2D eigenvalue weighted by Crippen LogP contribution is 2.19. The molecule has 3 heteroatoms. The number of fused-ring (bicyclic) bond motifs is 1. The van der Waals surface area contributed by atoms with Gasteiger partial charge in [-0.15, -0.1) is 0 Å². The minimum absolute atomic E-state index is 0.770. The summed E-state index contributed by atoms with van der Waals surface area (Å²) in [6, 6.07) is 27.1. The van der Waals surface area contributed by atoms with Crippen LogP contribution in [0.15, 0.2) is 91.1 Å². The number of H-pyrrole nitrogens is 1.